The monoisotopic (exact) mass is 261 g/mol. The lowest BCUT2D eigenvalue weighted by atomic mass is 9.83. The van der Waals surface area contributed by atoms with Gasteiger partial charge in [0.25, 0.3) is 0 Å². The lowest BCUT2D eigenvalue weighted by molar-refractivity contribution is -0.0680. The standard InChI is InChI=1S/C17H27NO/c1-13-11-18(15(3)14(13)2)12-16-7-10-17(19-16)8-5-4-6-9-17/h11,16H,4-10,12H2,1-3H3. The molecule has 2 aliphatic rings. The summed E-state index contributed by atoms with van der Waals surface area (Å²) in [5, 5.41) is 0. The third-order valence-electron chi connectivity index (χ3n) is 5.42. The van der Waals surface area contributed by atoms with Crippen molar-refractivity contribution >= 4 is 0 Å². The molecule has 1 aliphatic heterocycles. The summed E-state index contributed by atoms with van der Waals surface area (Å²) in [6, 6.07) is 0. The molecule has 0 aromatic carbocycles. The number of ether oxygens (including phenoxy) is 1. The van der Waals surface area contributed by atoms with Crippen LogP contribution in [0.2, 0.25) is 0 Å². The summed E-state index contributed by atoms with van der Waals surface area (Å²) >= 11 is 0. The van der Waals surface area contributed by atoms with E-state index in [1.54, 1.807) is 0 Å². The zero-order valence-electron chi connectivity index (χ0n) is 12.7. The second-order valence-corrected chi connectivity index (χ2v) is 6.70. The molecular formula is C17H27NO. The van der Waals surface area contributed by atoms with Crippen LogP contribution in [0.4, 0.5) is 0 Å². The molecule has 1 unspecified atom stereocenters. The second-order valence-electron chi connectivity index (χ2n) is 6.70. The number of hydrogen-bond acceptors (Lipinski definition) is 1. The third-order valence-corrected chi connectivity index (χ3v) is 5.42. The highest BCUT2D eigenvalue weighted by molar-refractivity contribution is 5.28. The van der Waals surface area contributed by atoms with Crippen molar-refractivity contribution in [2.45, 2.75) is 84.0 Å². The van der Waals surface area contributed by atoms with Crippen LogP contribution in [0.1, 0.15) is 61.8 Å². The van der Waals surface area contributed by atoms with Gasteiger partial charge in [-0.25, -0.2) is 0 Å². The normalized spacial score (nSPS) is 26.2. The van der Waals surface area contributed by atoms with Crippen LogP contribution in [-0.2, 0) is 11.3 Å². The molecule has 19 heavy (non-hydrogen) atoms. The summed E-state index contributed by atoms with van der Waals surface area (Å²) in [5.41, 5.74) is 4.51. The lowest BCUT2D eigenvalue weighted by Gasteiger charge is -2.33. The number of hydrogen-bond donors (Lipinski definition) is 0. The van der Waals surface area contributed by atoms with Crippen LogP contribution in [0, 0.1) is 20.8 Å². The van der Waals surface area contributed by atoms with Gasteiger partial charge in [-0.2, -0.15) is 0 Å². The molecule has 1 spiro atoms. The molecule has 2 heteroatoms. The van der Waals surface area contributed by atoms with Crippen molar-refractivity contribution in [2.75, 3.05) is 0 Å². The Morgan fingerprint density at radius 3 is 2.53 bits per heavy atom. The van der Waals surface area contributed by atoms with Crippen LogP contribution in [0.25, 0.3) is 0 Å². The lowest BCUT2D eigenvalue weighted by Crippen LogP contribution is -2.32. The molecule has 2 fully saturated rings. The molecule has 2 nitrogen and oxygen atoms in total. The maximum Gasteiger partial charge on any atom is 0.0762 e. The van der Waals surface area contributed by atoms with Crippen molar-refractivity contribution in [3.05, 3.63) is 23.0 Å². The van der Waals surface area contributed by atoms with Crippen LogP contribution >= 0.6 is 0 Å². The molecule has 0 radical (unpaired) electrons. The first-order valence-corrected chi connectivity index (χ1v) is 7.90. The van der Waals surface area contributed by atoms with Crippen molar-refractivity contribution in [1.29, 1.82) is 0 Å². The Bertz CT molecular complexity index is 454. The maximum atomic E-state index is 6.48. The largest absolute Gasteiger partial charge is 0.370 e. The van der Waals surface area contributed by atoms with E-state index in [4.69, 9.17) is 4.74 Å². The minimum Gasteiger partial charge on any atom is -0.370 e. The molecule has 0 bridgehead atoms. The van der Waals surface area contributed by atoms with E-state index in [1.165, 1.54) is 61.8 Å². The van der Waals surface area contributed by atoms with Crippen LogP contribution in [-0.4, -0.2) is 16.3 Å². The topological polar surface area (TPSA) is 14.2 Å². The molecule has 0 N–H and O–H groups in total. The summed E-state index contributed by atoms with van der Waals surface area (Å²) < 4.78 is 8.88. The fourth-order valence-electron chi connectivity index (χ4n) is 3.93. The predicted molar refractivity (Wildman–Crippen MR) is 78.6 cm³/mol. The van der Waals surface area contributed by atoms with Crippen molar-refractivity contribution in [3.8, 4) is 0 Å². The molecule has 3 rings (SSSR count). The molecule has 2 heterocycles. The Morgan fingerprint density at radius 1 is 1.16 bits per heavy atom. The van der Waals surface area contributed by atoms with Crippen LogP contribution in [0.5, 0.6) is 0 Å². The highest BCUT2D eigenvalue weighted by atomic mass is 16.5. The molecule has 1 saturated heterocycles. The van der Waals surface area contributed by atoms with E-state index in [-0.39, 0.29) is 5.60 Å². The van der Waals surface area contributed by atoms with Gasteiger partial charge in [0.1, 0.15) is 0 Å². The highest BCUT2D eigenvalue weighted by Crippen LogP contribution is 2.42. The van der Waals surface area contributed by atoms with Gasteiger partial charge < -0.3 is 9.30 Å². The van der Waals surface area contributed by atoms with Gasteiger partial charge in [-0.1, -0.05) is 19.3 Å². The van der Waals surface area contributed by atoms with Crippen LogP contribution in [0.3, 0.4) is 0 Å². The van der Waals surface area contributed by atoms with E-state index < -0.39 is 0 Å². The first kappa shape index (κ1) is 13.2. The fraction of sp³-hybridized carbons (Fsp3) is 0.765. The Balaban J connectivity index is 1.67. The summed E-state index contributed by atoms with van der Waals surface area (Å²) in [5.74, 6) is 0. The molecule has 0 amide bonds. The Labute approximate surface area is 117 Å². The molecule has 1 aromatic rings. The molecule has 1 saturated carbocycles. The van der Waals surface area contributed by atoms with Gasteiger partial charge in [0.2, 0.25) is 0 Å². The molecular weight excluding hydrogens is 234 g/mol. The Hall–Kier alpha value is -0.760. The SMILES string of the molecule is Cc1cn(CC2CCC3(CCCCC3)O2)c(C)c1C. The van der Waals surface area contributed by atoms with Crippen molar-refractivity contribution in [3.63, 3.8) is 0 Å². The zero-order chi connectivity index (χ0) is 13.5. The number of aryl methyl sites for hydroxylation is 1. The molecule has 1 atom stereocenters. The number of aromatic nitrogens is 1. The third kappa shape index (κ3) is 2.47. The van der Waals surface area contributed by atoms with Gasteiger partial charge in [0.05, 0.1) is 11.7 Å². The van der Waals surface area contributed by atoms with Gasteiger partial charge in [0.15, 0.2) is 0 Å². The van der Waals surface area contributed by atoms with Crippen molar-refractivity contribution in [1.82, 2.24) is 4.57 Å². The molecule has 1 aromatic heterocycles. The van der Waals surface area contributed by atoms with E-state index in [0.717, 1.165) is 6.54 Å². The van der Waals surface area contributed by atoms with Crippen molar-refractivity contribution < 1.29 is 4.74 Å². The van der Waals surface area contributed by atoms with E-state index >= 15 is 0 Å². The van der Waals surface area contributed by atoms with Gasteiger partial charge in [-0.15, -0.1) is 0 Å². The minimum absolute atomic E-state index is 0.258. The average Bonchev–Trinajstić information content (AvgIpc) is 2.89. The number of nitrogens with zero attached hydrogens (tertiary/aromatic N) is 1. The van der Waals surface area contributed by atoms with Crippen LogP contribution < -0.4 is 0 Å². The first-order chi connectivity index (χ1) is 9.10. The van der Waals surface area contributed by atoms with E-state index in [1.807, 2.05) is 0 Å². The number of rotatable bonds is 2. The van der Waals surface area contributed by atoms with Gasteiger partial charge >= 0.3 is 0 Å². The van der Waals surface area contributed by atoms with Gasteiger partial charge in [0, 0.05) is 18.4 Å². The summed E-state index contributed by atoms with van der Waals surface area (Å²) in [6.07, 6.45) is 12.0. The Kier molecular flexibility index (Phi) is 3.46. The summed E-state index contributed by atoms with van der Waals surface area (Å²) in [7, 11) is 0. The quantitative estimate of drug-likeness (QED) is 0.774. The maximum absolute atomic E-state index is 6.48. The fourth-order valence-corrected chi connectivity index (χ4v) is 3.93. The van der Waals surface area contributed by atoms with E-state index in [2.05, 4.69) is 31.5 Å². The zero-order valence-corrected chi connectivity index (χ0v) is 12.7. The Morgan fingerprint density at radius 2 is 1.89 bits per heavy atom. The highest BCUT2D eigenvalue weighted by Gasteiger charge is 2.40. The first-order valence-electron chi connectivity index (χ1n) is 7.90. The second kappa shape index (κ2) is 4.97. The van der Waals surface area contributed by atoms with Gasteiger partial charge in [-0.05, 0) is 57.6 Å². The smallest absolute Gasteiger partial charge is 0.0762 e. The van der Waals surface area contributed by atoms with E-state index in [0.29, 0.717) is 6.10 Å². The molecule has 106 valence electrons. The summed E-state index contributed by atoms with van der Waals surface area (Å²) in [6.45, 7) is 7.70. The van der Waals surface area contributed by atoms with Gasteiger partial charge in [-0.3, -0.25) is 0 Å². The summed E-state index contributed by atoms with van der Waals surface area (Å²) in [4.78, 5) is 0. The van der Waals surface area contributed by atoms with Crippen LogP contribution in [0.15, 0.2) is 6.20 Å². The molecule has 1 aliphatic carbocycles. The van der Waals surface area contributed by atoms with Crippen molar-refractivity contribution in [2.24, 2.45) is 0 Å². The minimum atomic E-state index is 0.258. The predicted octanol–water partition coefficient (Wildman–Crippen LogP) is 4.30. The van der Waals surface area contributed by atoms with E-state index in [9.17, 15) is 0 Å². The average molecular weight is 261 g/mol.